The average molecular weight is 368 g/mol. The molecule has 130 valence electrons. The van der Waals surface area contributed by atoms with E-state index in [2.05, 4.69) is 41.4 Å². The first-order valence-electron chi connectivity index (χ1n) is 8.85. The third kappa shape index (κ3) is 3.09. The van der Waals surface area contributed by atoms with Crippen LogP contribution in [0.25, 0.3) is 0 Å². The molecule has 0 amide bonds. The van der Waals surface area contributed by atoms with Crippen LogP contribution in [0.1, 0.15) is 10.5 Å². The number of benzene rings is 3. The Hall–Kier alpha value is -3.09. The van der Waals surface area contributed by atoms with Crippen molar-refractivity contribution in [2.24, 2.45) is 0 Å². The van der Waals surface area contributed by atoms with Gasteiger partial charge in [0.2, 0.25) is 0 Å². The maximum absolute atomic E-state index is 14.1. The summed E-state index contributed by atoms with van der Waals surface area (Å²) < 4.78 is 0. The third-order valence-corrected chi connectivity index (χ3v) is 8.68. The topological polar surface area (TPSA) is 30.0 Å². The van der Waals surface area contributed by atoms with Gasteiger partial charge in [0.15, 0.2) is 7.26 Å². The van der Waals surface area contributed by atoms with Gasteiger partial charge in [-0.05, 0) is 48.5 Å². The maximum atomic E-state index is 14.1. The molecule has 0 aliphatic carbocycles. The van der Waals surface area contributed by atoms with Gasteiger partial charge in [0.25, 0.3) is 0 Å². The Bertz CT molecular complexity index is 922. The molecule has 1 heterocycles. The molecule has 0 unspecified atom stereocenters. The van der Waals surface area contributed by atoms with Gasteiger partial charge in [-0.25, -0.2) is 9.78 Å². The molecule has 0 atom stereocenters. The maximum Gasteiger partial charge on any atom is 0.331 e. The number of carbonyl (C=O) groups is 1. The lowest BCUT2D eigenvalue weighted by atomic mass is 10.3. The van der Waals surface area contributed by atoms with Crippen LogP contribution in [0.15, 0.2) is 115 Å². The number of nitrogens with zero attached hydrogens (tertiary/aromatic N) is 1. The fraction of sp³-hybridized carbons (Fsp3) is 0. The van der Waals surface area contributed by atoms with Crippen LogP contribution in [0.5, 0.6) is 0 Å². The quantitative estimate of drug-likeness (QED) is 0.494. The number of hydrogen-bond acceptors (Lipinski definition) is 2. The lowest BCUT2D eigenvalue weighted by Crippen LogP contribution is -2.36. The van der Waals surface area contributed by atoms with Gasteiger partial charge in [0, 0.05) is 6.20 Å². The fourth-order valence-electron chi connectivity index (χ4n) is 3.41. The fourth-order valence-corrected chi connectivity index (χ4v) is 7.35. The molecule has 3 aromatic carbocycles. The lowest BCUT2D eigenvalue weighted by Gasteiger charge is -2.25. The highest BCUT2D eigenvalue weighted by Crippen LogP contribution is 2.57. The molecule has 3 heteroatoms. The number of rotatable bonds is 5. The van der Waals surface area contributed by atoms with Crippen LogP contribution >= 0.6 is 7.26 Å². The van der Waals surface area contributed by atoms with E-state index in [0.717, 1.165) is 15.9 Å². The zero-order valence-corrected chi connectivity index (χ0v) is 15.7. The van der Waals surface area contributed by atoms with E-state index < -0.39 is 7.26 Å². The van der Waals surface area contributed by atoms with E-state index in [1.165, 1.54) is 0 Å². The zero-order chi connectivity index (χ0) is 18.5. The molecule has 0 bridgehead atoms. The van der Waals surface area contributed by atoms with Gasteiger partial charge < -0.3 is 0 Å². The molecule has 0 aliphatic rings. The molecule has 1 aromatic heterocycles. The average Bonchev–Trinajstić information content (AvgIpc) is 2.77. The van der Waals surface area contributed by atoms with E-state index in [9.17, 15) is 4.79 Å². The van der Waals surface area contributed by atoms with Crippen molar-refractivity contribution in [3.05, 3.63) is 121 Å². The van der Waals surface area contributed by atoms with Crippen LogP contribution in [0.3, 0.4) is 0 Å². The summed E-state index contributed by atoms with van der Waals surface area (Å²) in [4.78, 5) is 18.5. The SMILES string of the molecule is O=C(c1ccccn1)[P+](c1ccccc1)(c1ccccc1)c1ccccc1. The normalized spacial score (nSPS) is 11.1. The minimum atomic E-state index is -2.57. The molecule has 2 nitrogen and oxygen atoms in total. The van der Waals surface area contributed by atoms with Crippen LogP contribution in [-0.4, -0.2) is 10.5 Å². The van der Waals surface area contributed by atoms with Gasteiger partial charge in [-0.3, -0.25) is 0 Å². The monoisotopic (exact) mass is 368 g/mol. The largest absolute Gasteiger partial charge is 0.331 e. The highest BCUT2D eigenvalue weighted by molar-refractivity contribution is 8.08. The standard InChI is InChI=1S/C24H19NOP/c26-24(23-18-10-11-19-25-23)27(20-12-4-1-5-13-20,21-14-6-2-7-15-21)22-16-8-3-9-17-22/h1-19H/q+1. The Morgan fingerprint density at radius 1 is 0.556 bits per heavy atom. The predicted octanol–water partition coefficient (Wildman–Crippen LogP) is 4.22. The van der Waals surface area contributed by atoms with Gasteiger partial charge in [-0.15, -0.1) is 0 Å². The molecule has 0 saturated carbocycles. The summed E-state index contributed by atoms with van der Waals surface area (Å²) in [5, 5.41) is 3.12. The minimum Gasteiger partial charge on any atom is -0.249 e. The zero-order valence-electron chi connectivity index (χ0n) is 14.8. The Morgan fingerprint density at radius 2 is 0.963 bits per heavy atom. The van der Waals surface area contributed by atoms with Crippen molar-refractivity contribution in [1.29, 1.82) is 0 Å². The van der Waals surface area contributed by atoms with Crippen molar-refractivity contribution in [3.8, 4) is 0 Å². The van der Waals surface area contributed by atoms with Crippen LogP contribution in [0.2, 0.25) is 0 Å². The summed E-state index contributed by atoms with van der Waals surface area (Å²) in [5.74, 6) is 0. The second-order valence-corrected chi connectivity index (χ2v) is 9.49. The number of aromatic nitrogens is 1. The van der Waals surface area contributed by atoms with Gasteiger partial charge in [-0.1, -0.05) is 60.7 Å². The number of carbonyl (C=O) groups excluding carboxylic acids is 1. The van der Waals surface area contributed by atoms with Gasteiger partial charge >= 0.3 is 5.52 Å². The van der Waals surface area contributed by atoms with Crippen LogP contribution in [0, 0.1) is 0 Å². The van der Waals surface area contributed by atoms with E-state index in [1.54, 1.807) is 6.20 Å². The van der Waals surface area contributed by atoms with Crippen molar-refractivity contribution >= 4 is 28.7 Å². The molecule has 0 saturated heterocycles. The highest BCUT2D eigenvalue weighted by atomic mass is 31.2. The highest BCUT2D eigenvalue weighted by Gasteiger charge is 2.54. The smallest absolute Gasteiger partial charge is 0.249 e. The Morgan fingerprint density at radius 3 is 1.33 bits per heavy atom. The number of pyridine rings is 1. The van der Waals surface area contributed by atoms with Crippen molar-refractivity contribution in [2.45, 2.75) is 0 Å². The summed E-state index contributed by atoms with van der Waals surface area (Å²) in [6, 6.07) is 35.9. The van der Waals surface area contributed by atoms with Crippen molar-refractivity contribution in [2.75, 3.05) is 0 Å². The minimum absolute atomic E-state index is 0.0756. The first-order chi connectivity index (χ1) is 13.3. The van der Waals surface area contributed by atoms with Crippen LogP contribution < -0.4 is 15.9 Å². The van der Waals surface area contributed by atoms with E-state index in [1.807, 2.05) is 72.8 Å². The first-order valence-corrected chi connectivity index (χ1v) is 10.6. The van der Waals surface area contributed by atoms with Crippen LogP contribution in [0.4, 0.5) is 0 Å². The Kier molecular flexibility index (Phi) is 4.91. The predicted molar refractivity (Wildman–Crippen MR) is 114 cm³/mol. The van der Waals surface area contributed by atoms with E-state index in [4.69, 9.17) is 0 Å². The molecule has 4 aromatic rings. The molecule has 0 N–H and O–H groups in total. The summed E-state index contributed by atoms with van der Waals surface area (Å²) in [7, 11) is -2.57. The van der Waals surface area contributed by atoms with Gasteiger partial charge in [0.05, 0.1) is 0 Å². The lowest BCUT2D eigenvalue weighted by molar-refractivity contribution is 0.107. The molecule has 0 fully saturated rings. The van der Waals surface area contributed by atoms with Crippen molar-refractivity contribution in [3.63, 3.8) is 0 Å². The molecular weight excluding hydrogens is 349 g/mol. The summed E-state index contributed by atoms with van der Waals surface area (Å²) >= 11 is 0. The molecule has 0 spiro atoms. The van der Waals surface area contributed by atoms with E-state index in [-0.39, 0.29) is 5.52 Å². The molecule has 4 rings (SSSR count). The first kappa shape index (κ1) is 17.3. The number of hydrogen-bond donors (Lipinski definition) is 0. The Labute approximate surface area is 159 Å². The summed E-state index contributed by atoms with van der Waals surface area (Å²) in [5.41, 5.74) is 0.578. The van der Waals surface area contributed by atoms with E-state index in [0.29, 0.717) is 5.69 Å². The van der Waals surface area contributed by atoms with Crippen molar-refractivity contribution < 1.29 is 4.79 Å². The van der Waals surface area contributed by atoms with E-state index >= 15 is 0 Å². The molecule has 27 heavy (non-hydrogen) atoms. The van der Waals surface area contributed by atoms with Crippen LogP contribution in [-0.2, 0) is 0 Å². The molecular formula is C24H19NOP+. The van der Waals surface area contributed by atoms with Crippen molar-refractivity contribution in [1.82, 2.24) is 4.98 Å². The molecule has 0 radical (unpaired) electrons. The third-order valence-electron chi connectivity index (χ3n) is 4.62. The summed E-state index contributed by atoms with van der Waals surface area (Å²) in [6.07, 6.45) is 1.68. The molecule has 0 aliphatic heterocycles. The van der Waals surface area contributed by atoms with Gasteiger partial charge in [-0.2, -0.15) is 0 Å². The second kappa shape index (κ2) is 7.65. The Balaban J connectivity index is 2.08. The second-order valence-electron chi connectivity index (χ2n) is 6.20. The summed E-state index contributed by atoms with van der Waals surface area (Å²) in [6.45, 7) is 0. The van der Waals surface area contributed by atoms with Gasteiger partial charge in [0.1, 0.15) is 21.6 Å².